The third-order valence-corrected chi connectivity index (χ3v) is 3.27. The number of aromatic nitrogens is 1. The van der Waals surface area contributed by atoms with E-state index < -0.39 is 21.4 Å². The minimum Gasteiger partial charge on any atom is -0.374 e. The van der Waals surface area contributed by atoms with Crippen molar-refractivity contribution < 1.29 is 25.8 Å². The molecule has 0 fully saturated rings. The monoisotopic (exact) mass is 367 g/mol. The lowest BCUT2D eigenvalue weighted by molar-refractivity contribution is -0.0500. The molecule has 4 nitrogen and oxygen atoms in total. The first kappa shape index (κ1) is 13.5. The first-order valence-electron chi connectivity index (χ1n) is 3.77. The highest BCUT2D eigenvalue weighted by atomic mass is 127. The van der Waals surface area contributed by atoms with Gasteiger partial charge in [0.2, 0.25) is 0 Å². The van der Waals surface area contributed by atoms with E-state index in [0.717, 1.165) is 6.20 Å². The van der Waals surface area contributed by atoms with Crippen LogP contribution in [0.2, 0.25) is 0 Å². The number of rotatable bonds is 3. The number of hydrogen-bond acceptors (Lipinski definition) is 4. The summed E-state index contributed by atoms with van der Waals surface area (Å²) in [6.07, 6.45) is 2.30. The van der Waals surface area contributed by atoms with Crippen molar-refractivity contribution in [2.45, 2.75) is 9.94 Å². The van der Waals surface area contributed by atoms with Crippen LogP contribution in [0.15, 0.2) is 18.5 Å². The molecule has 1 heterocycles. The molecule has 0 N–H and O–H groups in total. The van der Waals surface area contributed by atoms with Crippen LogP contribution >= 0.6 is 22.6 Å². The SMILES string of the molecule is O=S(=O)(Oc1cncc(CI)c1)C(F)(F)F. The van der Waals surface area contributed by atoms with Crippen molar-refractivity contribution in [2.24, 2.45) is 0 Å². The van der Waals surface area contributed by atoms with Gasteiger partial charge in [0.05, 0.1) is 6.20 Å². The van der Waals surface area contributed by atoms with E-state index in [9.17, 15) is 21.6 Å². The topological polar surface area (TPSA) is 56.3 Å². The first-order chi connectivity index (χ1) is 7.26. The van der Waals surface area contributed by atoms with E-state index in [4.69, 9.17) is 0 Å². The zero-order chi connectivity index (χ0) is 12.4. The lowest BCUT2D eigenvalue weighted by Gasteiger charge is -2.09. The largest absolute Gasteiger partial charge is 0.534 e. The van der Waals surface area contributed by atoms with E-state index in [0.29, 0.717) is 9.99 Å². The maximum atomic E-state index is 12.0. The minimum atomic E-state index is -5.62. The van der Waals surface area contributed by atoms with Crippen LogP contribution in [0.3, 0.4) is 0 Å². The van der Waals surface area contributed by atoms with Crippen molar-refractivity contribution in [3.05, 3.63) is 24.0 Å². The van der Waals surface area contributed by atoms with E-state index in [2.05, 4.69) is 9.17 Å². The summed E-state index contributed by atoms with van der Waals surface area (Å²) in [5.41, 5.74) is -4.87. The van der Waals surface area contributed by atoms with Crippen molar-refractivity contribution >= 4 is 32.7 Å². The van der Waals surface area contributed by atoms with E-state index >= 15 is 0 Å². The zero-order valence-electron chi connectivity index (χ0n) is 7.53. The molecule has 0 spiro atoms. The van der Waals surface area contributed by atoms with Crippen molar-refractivity contribution in [1.82, 2.24) is 4.98 Å². The highest BCUT2D eigenvalue weighted by Crippen LogP contribution is 2.27. The predicted molar refractivity (Wildman–Crippen MR) is 57.6 cm³/mol. The molecule has 9 heteroatoms. The van der Waals surface area contributed by atoms with Gasteiger partial charge in [0.15, 0.2) is 5.75 Å². The second-order valence-corrected chi connectivity index (χ2v) is 4.95. The standard InChI is InChI=1S/C7H5F3INO3S/c8-7(9,10)16(13,14)15-6-1-5(2-11)3-12-4-6/h1,3-4H,2H2. The molecule has 1 aromatic heterocycles. The van der Waals surface area contributed by atoms with Gasteiger partial charge in [-0.05, 0) is 11.6 Å². The van der Waals surface area contributed by atoms with Crippen LogP contribution in [-0.4, -0.2) is 18.9 Å². The molecular formula is C7H5F3INO3S. The van der Waals surface area contributed by atoms with E-state index in [-0.39, 0.29) is 0 Å². The van der Waals surface area contributed by atoms with Gasteiger partial charge in [0, 0.05) is 10.6 Å². The van der Waals surface area contributed by atoms with Gasteiger partial charge >= 0.3 is 15.6 Å². The fourth-order valence-corrected chi connectivity index (χ4v) is 1.61. The van der Waals surface area contributed by atoms with Crippen LogP contribution in [-0.2, 0) is 14.5 Å². The Balaban J connectivity index is 2.97. The van der Waals surface area contributed by atoms with Gasteiger partial charge in [-0.1, -0.05) is 22.6 Å². The fraction of sp³-hybridized carbons (Fsp3) is 0.286. The number of hydrogen-bond donors (Lipinski definition) is 0. The molecule has 0 aromatic carbocycles. The summed E-state index contributed by atoms with van der Waals surface area (Å²) >= 11 is 1.96. The summed E-state index contributed by atoms with van der Waals surface area (Å²) in [6.45, 7) is 0. The molecule has 0 radical (unpaired) electrons. The Labute approximate surface area is 103 Å². The maximum Gasteiger partial charge on any atom is 0.534 e. The molecule has 0 aliphatic carbocycles. The Morgan fingerprint density at radius 3 is 2.50 bits per heavy atom. The number of halogens is 4. The van der Waals surface area contributed by atoms with Crippen LogP contribution in [0.25, 0.3) is 0 Å². The molecule has 1 rings (SSSR count). The summed E-state index contributed by atoms with van der Waals surface area (Å²) in [7, 11) is -5.62. The van der Waals surface area contributed by atoms with Crippen LogP contribution in [0.1, 0.15) is 5.56 Å². The van der Waals surface area contributed by atoms with Crippen LogP contribution < -0.4 is 4.18 Å². The van der Waals surface area contributed by atoms with Gasteiger partial charge in [0.1, 0.15) is 0 Å². The molecule has 0 saturated heterocycles. The average Bonchev–Trinajstić information content (AvgIpc) is 2.15. The summed E-state index contributed by atoms with van der Waals surface area (Å²) in [5, 5.41) is 0. The van der Waals surface area contributed by atoms with Gasteiger partial charge in [-0.3, -0.25) is 4.98 Å². The molecule has 0 aliphatic heterocycles. The van der Waals surface area contributed by atoms with Gasteiger partial charge < -0.3 is 4.18 Å². The second-order valence-electron chi connectivity index (χ2n) is 2.65. The normalized spacial score (nSPS) is 12.5. The van der Waals surface area contributed by atoms with Crippen LogP contribution in [0.4, 0.5) is 13.2 Å². The maximum absolute atomic E-state index is 12.0. The summed E-state index contributed by atoms with van der Waals surface area (Å²) < 4.78 is 61.6. The van der Waals surface area contributed by atoms with Crippen LogP contribution in [0, 0.1) is 0 Å². The molecule has 1 aromatic rings. The smallest absolute Gasteiger partial charge is 0.374 e. The third kappa shape index (κ3) is 3.20. The number of pyridine rings is 1. The van der Waals surface area contributed by atoms with Crippen molar-refractivity contribution in [2.75, 3.05) is 0 Å². The van der Waals surface area contributed by atoms with Gasteiger partial charge in [-0.25, -0.2) is 0 Å². The van der Waals surface area contributed by atoms with Crippen molar-refractivity contribution in [1.29, 1.82) is 0 Å². The molecule has 0 aliphatic rings. The highest BCUT2D eigenvalue weighted by Gasteiger charge is 2.48. The molecule has 90 valence electrons. The van der Waals surface area contributed by atoms with E-state index in [1.807, 2.05) is 22.6 Å². The minimum absolute atomic E-state index is 0.452. The van der Waals surface area contributed by atoms with E-state index in [1.165, 1.54) is 12.3 Å². The molecule has 0 amide bonds. The highest BCUT2D eigenvalue weighted by molar-refractivity contribution is 14.1. The molecule has 0 saturated carbocycles. The van der Waals surface area contributed by atoms with Gasteiger partial charge in [-0.15, -0.1) is 0 Å². The fourth-order valence-electron chi connectivity index (χ4n) is 0.756. The summed E-state index contributed by atoms with van der Waals surface area (Å²) in [4.78, 5) is 3.56. The molecule has 0 atom stereocenters. The quantitative estimate of drug-likeness (QED) is 0.356. The van der Waals surface area contributed by atoms with Crippen molar-refractivity contribution in [3.8, 4) is 5.75 Å². The third-order valence-electron chi connectivity index (χ3n) is 1.41. The Bertz CT molecular complexity index is 474. The lowest BCUT2D eigenvalue weighted by Crippen LogP contribution is -2.28. The van der Waals surface area contributed by atoms with E-state index in [1.54, 1.807) is 0 Å². The second kappa shape index (κ2) is 4.73. The Kier molecular flexibility index (Phi) is 3.99. The van der Waals surface area contributed by atoms with Crippen molar-refractivity contribution in [3.63, 3.8) is 0 Å². The summed E-state index contributed by atoms with van der Waals surface area (Å²) in [6, 6.07) is 1.18. The number of nitrogens with zero attached hydrogens (tertiary/aromatic N) is 1. The molecule has 16 heavy (non-hydrogen) atoms. The molecular weight excluding hydrogens is 362 g/mol. The van der Waals surface area contributed by atoms with Crippen LogP contribution in [0.5, 0.6) is 5.75 Å². The zero-order valence-corrected chi connectivity index (χ0v) is 10.5. The molecule has 0 unspecified atom stereocenters. The first-order valence-corrected chi connectivity index (χ1v) is 6.70. The lowest BCUT2D eigenvalue weighted by atomic mass is 10.3. The van der Waals surface area contributed by atoms with Gasteiger partial charge in [0.25, 0.3) is 0 Å². The Morgan fingerprint density at radius 1 is 1.38 bits per heavy atom. The van der Waals surface area contributed by atoms with Gasteiger partial charge in [-0.2, -0.15) is 21.6 Å². The Morgan fingerprint density at radius 2 is 2.00 bits per heavy atom. The predicted octanol–water partition coefficient (Wildman–Crippen LogP) is 2.25. The number of alkyl halides is 4. The Hall–Kier alpha value is -0.580. The molecule has 0 bridgehead atoms. The average molecular weight is 367 g/mol. The summed E-state index contributed by atoms with van der Waals surface area (Å²) in [5.74, 6) is -0.452.